The quantitative estimate of drug-likeness (QED) is 0.587. The first-order valence-electron chi connectivity index (χ1n) is 5.12. The average Bonchev–Trinajstić information content (AvgIpc) is 2.14. The van der Waals surface area contributed by atoms with Gasteiger partial charge in [-0.2, -0.15) is 0 Å². The van der Waals surface area contributed by atoms with Crippen molar-refractivity contribution >= 4 is 0 Å². The number of hydrogen-bond acceptors (Lipinski definition) is 3. The van der Waals surface area contributed by atoms with E-state index in [2.05, 4.69) is 18.7 Å². The maximum atomic E-state index is 5.62. The van der Waals surface area contributed by atoms with Crippen molar-refractivity contribution in [3.63, 3.8) is 0 Å². The van der Waals surface area contributed by atoms with Gasteiger partial charge in [-0.25, -0.2) is 0 Å². The van der Waals surface area contributed by atoms with E-state index in [1.165, 1.54) is 0 Å². The van der Waals surface area contributed by atoms with Crippen molar-refractivity contribution in [2.45, 2.75) is 27.7 Å². The van der Waals surface area contributed by atoms with Crippen molar-refractivity contribution in [3.05, 3.63) is 0 Å². The van der Waals surface area contributed by atoms with E-state index < -0.39 is 18.6 Å². The van der Waals surface area contributed by atoms with Crippen LogP contribution in [0, 0.1) is 0 Å². The Hall–Kier alpha value is 0.594. The van der Waals surface area contributed by atoms with E-state index >= 15 is 0 Å². The molecule has 0 aromatic carbocycles. The Labute approximate surface area is 89.2 Å². The molecule has 0 saturated heterocycles. The molecule has 0 aliphatic rings. The summed E-state index contributed by atoms with van der Waals surface area (Å²) in [5.41, 5.74) is 0. The molecule has 0 N–H and O–H groups in total. The van der Waals surface area contributed by atoms with Gasteiger partial charge in [0.2, 0.25) is 0 Å². The van der Waals surface area contributed by atoms with Crippen LogP contribution in [0.5, 0.6) is 0 Å². The monoisotopic (exact) mass is 224 g/mol. The molecule has 0 unspecified atom stereocenters. The van der Waals surface area contributed by atoms with Crippen molar-refractivity contribution in [1.29, 1.82) is 0 Å². The van der Waals surface area contributed by atoms with Gasteiger partial charge in [0, 0.05) is 0 Å². The predicted octanol–water partition coefficient (Wildman–Crippen LogP) is 1.81. The van der Waals surface area contributed by atoms with Gasteiger partial charge in [0.05, 0.1) is 0 Å². The summed E-state index contributed by atoms with van der Waals surface area (Å²) in [6, 6.07) is 0. The second-order valence-corrected chi connectivity index (χ2v) is 5.26. The molecule has 0 heterocycles. The third-order valence-corrected chi connectivity index (χ3v) is 4.87. The fourth-order valence-electron chi connectivity index (χ4n) is 1.08. The fourth-order valence-corrected chi connectivity index (χ4v) is 3.77. The first-order chi connectivity index (χ1) is 6.28. The van der Waals surface area contributed by atoms with E-state index in [1.807, 2.05) is 13.8 Å². The fraction of sp³-hybridized carbons (Fsp3) is 1.00. The van der Waals surface area contributed by atoms with E-state index in [9.17, 15) is 0 Å². The van der Waals surface area contributed by atoms with Crippen LogP contribution in [0.15, 0.2) is 0 Å². The minimum absolute atomic E-state index is 0.788. The normalized spacial score (nSPS) is 10.8. The Balaban J connectivity index is 3.76. The standard InChI is InChI=1S/C5H12N.2C2H5O.Ti/c1-4-6(3)5-2;2*1-2-3;/h3-5H2,1-2H3;2*2H2,1H3;/q;2*-1;+2. The van der Waals surface area contributed by atoms with Crippen LogP contribution in [0.1, 0.15) is 27.7 Å². The third kappa shape index (κ3) is 6.64. The van der Waals surface area contributed by atoms with Crippen molar-refractivity contribution in [3.8, 4) is 0 Å². The second kappa shape index (κ2) is 9.16. The van der Waals surface area contributed by atoms with Gasteiger partial charge in [-0.05, 0) is 0 Å². The van der Waals surface area contributed by atoms with E-state index in [-0.39, 0.29) is 0 Å². The van der Waals surface area contributed by atoms with Gasteiger partial charge in [-0.15, -0.1) is 0 Å². The van der Waals surface area contributed by atoms with Crippen LogP contribution in [-0.4, -0.2) is 36.1 Å². The Bertz CT molecular complexity index is 104. The van der Waals surface area contributed by atoms with Crippen molar-refractivity contribution in [2.75, 3.05) is 31.2 Å². The predicted molar refractivity (Wildman–Crippen MR) is 51.0 cm³/mol. The molecule has 0 aliphatic carbocycles. The Morgan fingerprint density at radius 2 is 1.38 bits per heavy atom. The molecule has 4 heteroatoms. The minimum atomic E-state index is -1.67. The Kier molecular flexibility index (Phi) is 9.58. The maximum absolute atomic E-state index is 5.62. The van der Waals surface area contributed by atoms with Crippen LogP contribution in [0.2, 0.25) is 0 Å². The number of hydrogen-bond donors (Lipinski definition) is 0. The molecule has 3 nitrogen and oxygen atoms in total. The van der Waals surface area contributed by atoms with Gasteiger partial charge < -0.3 is 0 Å². The van der Waals surface area contributed by atoms with Crippen molar-refractivity contribution < 1.29 is 25.3 Å². The summed E-state index contributed by atoms with van der Waals surface area (Å²) in [5, 5.41) is 0. The summed E-state index contributed by atoms with van der Waals surface area (Å²) in [6.07, 6.45) is 0. The molecule has 0 radical (unpaired) electrons. The van der Waals surface area contributed by atoms with E-state index in [4.69, 9.17) is 6.64 Å². The summed E-state index contributed by atoms with van der Waals surface area (Å²) < 4.78 is 11.2. The van der Waals surface area contributed by atoms with Crippen LogP contribution in [0.25, 0.3) is 0 Å². The molecule has 0 rings (SSSR count). The van der Waals surface area contributed by atoms with Gasteiger partial charge in [0.1, 0.15) is 0 Å². The zero-order valence-electron chi connectivity index (χ0n) is 9.30. The Morgan fingerprint density at radius 1 is 0.923 bits per heavy atom. The van der Waals surface area contributed by atoms with Gasteiger partial charge in [-0.1, -0.05) is 0 Å². The summed E-state index contributed by atoms with van der Waals surface area (Å²) >= 11 is -1.67. The van der Waals surface area contributed by atoms with Crippen LogP contribution < -0.4 is 0 Å². The van der Waals surface area contributed by atoms with Gasteiger partial charge in [-0.3, -0.25) is 0 Å². The molecule has 0 spiro atoms. The first kappa shape index (κ1) is 13.6. The topological polar surface area (TPSA) is 21.7 Å². The molecule has 0 saturated carbocycles. The molecule has 0 bridgehead atoms. The summed E-state index contributed by atoms with van der Waals surface area (Å²) in [4.78, 5) is 3.41. The summed E-state index contributed by atoms with van der Waals surface area (Å²) in [6.45, 7) is 12.2. The molecular weight excluding hydrogens is 202 g/mol. The molecule has 0 amide bonds. The van der Waals surface area contributed by atoms with Crippen molar-refractivity contribution in [1.82, 2.24) is 4.90 Å². The zero-order chi connectivity index (χ0) is 10.1. The zero-order valence-corrected chi connectivity index (χ0v) is 10.9. The van der Waals surface area contributed by atoms with Crippen LogP contribution in [-0.2, 0) is 25.3 Å². The molecule has 0 aromatic rings. The van der Waals surface area contributed by atoms with Gasteiger partial charge in [0.25, 0.3) is 0 Å². The first-order valence-corrected chi connectivity index (χ1v) is 7.50. The van der Waals surface area contributed by atoms with E-state index in [0.29, 0.717) is 0 Å². The molecule has 13 heavy (non-hydrogen) atoms. The van der Waals surface area contributed by atoms with Crippen LogP contribution in [0.3, 0.4) is 0 Å². The number of nitrogens with zero attached hydrogens (tertiary/aromatic N) is 1. The molecule has 0 fully saturated rings. The average molecular weight is 224 g/mol. The molecule has 0 aromatic heterocycles. The third-order valence-electron chi connectivity index (χ3n) is 1.86. The van der Waals surface area contributed by atoms with E-state index in [1.54, 1.807) is 0 Å². The van der Waals surface area contributed by atoms with Crippen LogP contribution >= 0.6 is 0 Å². The SMILES string of the molecule is CC[O][Ti]([CH2]N(CC)CC)[O]CC. The van der Waals surface area contributed by atoms with Gasteiger partial charge in [0.15, 0.2) is 0 Å². The van der Waals surface area contributed by atoms with Crippen molar-refractivity contribution in [2.24, 2.45) is 0 Å². The van der Waals surface area contributed by atoms with Crippen LogP contribution in [0.4, 0.5) is 0 Å². The molecular formula is C9H22NO2Ti. The number of rotatable bonds is 8. The summed E-state index contributed by atoms with van der Waals surface area (Å²) in [7, 11) is 0. The second-order valence-electron chi connectivity index (χ2n) is 2.70. The molecule has 0 atom stereocenters. The molecule has 79 valence electrons. The molecule has 0 aliphatic heterocycles. The summed E-state index contributed by atoms with van der Waals surface area (Å²) in [5.74, 6) is 0. The van der Waals surface area contributed by atoms with Gasteiger partial charge >= 0.3 is 89.0 Å². The van der Waals surface area contributed by atoms with E-state index in [0.717, 1.165) is 31.2 Å². The Morgan fingerprint density at radius 3 is 1.69 bits per heavy atom.